The van der Waals surface area contributed by atoms with Gasteiger partial charge in [-0.25, -0.2) is 8.42 Å². The van der Waals surface area contributed by atoms with Crippen molar-refractivity contribution in [3.05, 3.63) is 101 Å². The van der Waals surface area contributed by atoms with Crippen molar-refractivity contribution in [2.75, 3.05) is 19.6 Å². The van der Waals surface area contributed by atoms with Crippen LogP contribution in [0.2, 0.25) is 5.02 Å². The van der Waals surface area contributed by atoms with Crippen LogP contribution in [0.3, 0.4) is 0 Å². The zero-order valence-electron chi connectivity index (χ0n) is 18.2. The molecule has 32 heavy (non-hydrogen) atoms. The van der Waals surface area contributed by atoms with E-state index in [-0.39, 0.29) is 21.4 Å². The summed E-state index contributed by atoms with van der Waals surface area (Å²) in [6, 6.07) is 24.1. The van der Waals surface area contributed by atoms with Gasteiger partial charge in [0.1, 0.15) is 0 Å². The molecule has 7 heteroatoms. The van der Waals surface area contributed by atoms with Gasteiger partial charge >= 0.3 is 0 Å². The maximum absolute atomic E-state index is 13.0. The van der Waals surface area contributed by atoms with Crippen LogP contribution in [0.15, 0.2) is 83.8 Å². The van der Waals surface area contributed by atoms with Crippen LogP contribution >= 0.6 is 11.6 Å². The van der Waals surface area contributed by atoms with E-state index < -0.39 is 15.9 Å². The fraction of sp³-hybridized carbons (Fsp3) is 0.240. The summed E-state index contributed by atoms with van der Waals surface area (Å²) in [4.78, 5) is 13.1. The highest BCUT2D eigenvalue weighted by molar-refractivity contribution is 7.89. The smallest absolute Gasteiger partial charge is 0.252 e. The van der Waals surface area contributed by atoms with Gasteiger partial charge in [0, 0.05) is 25.6 Å². The lowest BCUT2D eigenvalue weighted by Gasteiger charge is -2.20. The number of rotatable bonds is 9. The van der Waals surface area contributed by atoms with Crippen molar-refractivity contribution in [3.63, 3.8) is 0 Å². The topological polar surface area (TPSA) is 66.5 Å². The zero-order valence-corrected chi connectivity index (χ0v) is 19.7. The summed E-state index contributed by atoms with van der Waals surface area (Å²) >= 11 is 6.27. The summed E-state index contributed by atoms with van der Waals surface area (Å²) in [5, 5.41) is 3.15. The Morgan fingerprint density at radius 2 is 1.44 bits per heavy atom. The van der Waals surface area contributed by atoms with Gasteiger partial charge in [-0.15, -0.1) is 0 Å². The van der Waals surface area contributed by atoms with Gasteiger partial charge in [-0.1, -0.05) is 86.1 Å². The molecule has 0 unspecified atom stereocenters. The fourth-order valence-corrected chi connectivity index (χ4v) is 5.33. The molecule has 1 N–H and O–H groups in total. The quantitative estimate of drug-likeness (QED) is 0.482. The summed E-state index contributed by atoms with van der Waals surface area (Å²) < 4.78 is 27.1. The lowest BCUT2D eigenvalue weighted by molar-refractivity contribution is 0.0952. The van der Waals surface area contributed by atoms with Gasteiger partial charge in [0.25, 0.3) is 5.91 Å². The number of sulfonamides is 1. The molecule has 0 saturated carbocycles. The van der Waals surface area contributed by atoms with E-state index in [1.165, 1.54) is 22.5 Å². The Bertz CT molecular complexity index is 1110. The number of benzene rings is 3. The lowest BCUT2D eigenvalue weighted by atomic mass is 9.91. The van der Waals surface area contributed by atoms with Crippen LogP contribution in [-0.4, -0.2) is 38.3 Å². The van der Waals surface area contributed by atoms with Crippen molar-refractivity contribution in [1.82, 2.24) is 9.62 Å². The van der Waals surface area contributed by atoms with E-state index >= 15 is 0 Å². The molecule has 0 fully saturated rings. The highest BCUT2D eigenvalue weighted by atomic mass is 35.5. The van der Waals surface area contributed by atoms with Gasteiger partial charge in [-0.2, -0.15) is 4.31 Å². The summed E-state index contributed by atoms with van der Waals surface area (Å²) in [5.74, 6) is -0.467. The van der Waals surface area contributed by atoms with Crippen molar-refractivity contribution >= 4 is 27.5 Å². The number of hydrogen-bond donors (Lipinski definition) is 1. The third kappa shape index (κ3) is 5.38. The first-order valence-corrected chi connectivity index (χ1v) is 12.4. The van der Waals surface area contributed by atoms with E-state index in [1.807, 2.05) is 60.7 Å². The molecule has 0 saturated heterocycles. The summed E-state index contributed by atoms with van der Waals surface area (Å²) in [6.07, 6.45) is 0. The molecule has 3 aromatic rings. The van der Waals surface area contributed by atoms with Crippen molar-refractivity contribution in [2.45, 2.75) is 24.7 Å². The SMILES string of the molecule is CCN(CC)S(=O)(=O)c1ccc(Cl)c(C(=O)NCC(c2ccccc2)c2ccccc2)c1. The van der Waals surface area contributed by atoms with E-state index in [0.29, 0.717) is 19.6 Å². The second-order valence-corrected chi connectivity index (χ2v) is 9.66. The van der Waals surface area contributed by atoms with Gasteiger partial charge in [0.2, 0.25) is 10.0 Å². The number of nitrogens with zero attached hydrogens (tertiary/aromatic N) is 1. The normalized spacial score (nSPS) is 11.7. The molecule has 0 atom stereocenters. The molecule has 1 amide bonds. The van der Waals surface area contributed by atoms with Crippen LogP contribution in [0.4, 0.5) is 0 Å². The number of carbonyl (C=O) groups is 1. The van der Waals surface area contributed by atoms with Crippen LogP contribution in [0, 0.1) is 0 Å². The predicted octanol–water partition coefficient (Wildman–Crippen LogP) is 4.93. The van der Waals surface area contributed by atoms with Crippen LogP contribution in [0.1, 0.15) is 41.3 Å². The van der Waals surface area contributed by atoms with E-state index in [4.69, 9.17) is 11.6 Å². The molecule has 0 aliphatic carbocycles. The molecule has 0 heterocycles. The van der Waals surface area contributed by atoms with E-state index in [2.05, 4.69) is 5.32 Å². The second-order valence-electron chi connectivity index (χ2n) is 7.31. The standard InChI is InChI=1S/C25H27ClN2O3S/c1-3-28(4-2)32(30,31)21-15-16-24(26)22(17-21)25(29)27-18-23(19-11-7-5-8-12-19)20-13-9-6-10-14-20/h5-17,23H,3-4,18H2,1-2H3,(H,27,29). The number of hydrogen-bond acceptors (Lipinski definition) is 3. The molecular weight excluding hydrogens is 444 g/mol. The second kappa shape index (κ2) is 10.8. The minimum Gasteiger partial charge on any atom is -0.351 e. The minimum absolute atomic E-state index is 0.0530. The Kier molecular flexibility index (Phi) is 8.07. The van der Waals surface area contributed by atoms with Crippen LogP contribution in [-0.2, 0) is 10.0 Å². The Hall–Kier alpha value is -2.67. The molecule has 3 aromatic carbocycles. The highest BCUT2D eigenvalue weighted by Crippen LogP contribution is 2.26. The van der Waals surface area contributed by atoms with Crippen molar-refractivity contribution in [2.24, 2.45) is 0 Å². The molecule has 0 aliphatic rings. The van der Waals surface area contributed by atoms with Crippen LogP contribution in [0.25, 0.3) is 0 Å². The van der Waals surface area contributed by atoms with E-state index in [1.54, 1.807) is 13.8 Å². The monoisotopic (exact) mass is 470 g/mol. The van der Waals surface area contributed by atoms with E-state index in [9.17, 15) is 13.2 Å². The number of carbonyl (C=O) groups excluding carboxylic acids is 1. The molecule has 0 spiro atoms. The molecule has 0 aliphatic heterocycles. The first-order chi connectivity index (χ1) is 15.4. The van der Waals surface area contributed by atoms with Gasteiger partial charge in [-0.05, 0) is 29.3 Å². The van der Waals surface area contributed by atoms with Crippen LogP contribution < -0.4 is 5.32 Å². The first kappa shape index (κ1) is 24.0. The molecule has 3 rings (SSSR count). The zero-order chi connectivity index (χ0) is 23.1. The largest absolute Gasteiger partial charge is 0.351 e. The number of halogens is 1. The summed E-state index contributed by atoms with van der Waals surface area (Å²) in [6.45, 7) is 4.59. The summed E-state index contributed by atoms with van der Waals surface area (Å²) in [5.41, 5.74) is 2.28. The minimum atomic E-state index is -3.70. The molecule has 0 bridgehead atoms. The Morgan fingerprint density at radius 3 is 1.94 bits per heavy atom. The fourth-order valence-electron chi connectivity index (χ4n) is 3.64. The Morgan fingerprint density at radius 1 is 0.906 bits per heavy atom. The molecule has 5 nitrogen and oxygen atoms in total. The first-order valence-electron chi connectivity index (χ1n) is 10.6. The van der Waals surface area contributed by atoms with Gasteiger partial charge in [0.15, 0.2) is 0 Å². The average molecular weight is 471 g/mol. The van der Waals surface area contributed by atoms with Crippen molar-refractivity contribution in [3.8, 4) is 0 Å². The molecular formula is C25H27ClN2O3S. The third-order valence-electron chi connectivity index (χ3n) is 5.40. The highest BCUT2D eigenvalue weighted by Gasteiger charge is 2.24. The predicted molar refractivity (Wildman–Crippen MR) is 129 cm³/mol. The number of amides is 1. The van der Waals surface area contributed by atoms with Gasteiger partial charge in [-0.3, -0.25) is 4.79 Å². The Balaban J connectivity index is 1.86. The van der Waals surface area contributed by atoms with Gasteiger partial charge < -0.3 is 5.32 Å². The maximum Gasteiger partial charge on any atom is 0.252 e. The van der Waals surface area contributed by atoms with Gasteiger partial charge in [0.05, 0.1) is 15.5 Å². The van der Waals surface area contributed by atoms with E-state index in [0.717, 1.165) is 11.1 Å². The maximum atomic E-state index is 13.0. The third-order valence-corrected chi connectivity index (χ3v) is 7.77. The van der Waals surface area contributed by atoms with Crippen LogP contribution in [0.5, 0.6) is 0 Å². The van der Waals surface area contributed by atoms with Crippen molar-refractivity contribution < 1.29 is 13.2 Å². The average Bonchev–Trinajstić information content (AvgIpc) is 2.81. The Labute approximate surface area is 195 Å². The molecule has 0 radical (unpaired) electrons. The van der Waals surface area contributed by atoms with Crippen molar-refractivity contribution in [1.29, 1.82) is 0 Å². The molecule has 0 aromatic heterocycles. The number of nitrogens with one attached hydrogen (secondary N) is 1. The summed E-state index contributed by atoms with van der Waals surface area (Å²) in [7, 11) is -3.70. The lowest BCUT2D eigenvalue weighted by Crippen LogP contribution is -2.31. The molecule has 168 valence electrons.